The van der Waals surface area contributed by atoms with Crippen LogP contribution in [0.4, 0.5) is 0 Å². The van der Waals surface area contributed by atoms with Gasteiger partial charge >= 0.3 is 11.9 Å². The van der Waals surface area contributed by atoms with Crippen molar-refractivity contribution in [2.75, 3.05) is 20.3 Å². The van der Waals surface area contributed by atoms with Gasteiger partial charge < -0.3 is 19.3 Å². The van der Waals surface area contributed by atoms with Crippen molar-refractivity contribution in [1.82, 2.24) is 0 Å². The summed E-state index contributed by atoms with van der Waals surface area (Å²) < 4.78 is 15.6. The average Bonchev–Trinajstić information content (AvgIpc) is 2.57. The van der Waals surface area contributed by atoms with Gasteiger partial charge in [0.1, 0.15) is 29.2 Å². The number of rotatable bonds is 7. The predicted molar refractivity (Wildman–Crippen MR) is 87.2 cm³/mol. The summed E-state index contributed by atoms with van der Waals surface area (Å²) in [6.45, 7) is 0.631. The molecule has 0 aliphatic carbocycles. The number of hydrogen-bond donors (Lipinski definition) is 1. The molecule has 7 heteroatoms. The van der Waals surface area contributed by atoms with Crippen LogP contribution in [0, 0.1) is 0 Å². The van der Waals surface area contributed by atoms with Gasteiger partial charge in [0.2, 0.25) is 0 Å². The third kappa shape index (κ3) is 4.47. The highest BCUT2D eigenvalue weighted by atomic mass is 35.5. The van der Waals surface area contributed by atoms with Crippen molar-refractivity contribution in [3.8, 4) is 11.5 Å². The van der Waals surface area contributed by atoms with Crippen LogP contribution in [0.25, 0.3) is 0 Å². The third-order valence-corrected chi connectivity index (χ3v) is 3.26. The van der Waals surface area contributed by atoms with E-state index in [0.29, 0.717) is 12.4 Å². The third-order valence-electron chi connectivity index (χ3n) is 3.03. The molecule has 2 aromatic rings. The second kappa shape index (κ2) is 8.33. The molecule has 0 aliphatic heterocycles. The first-order chi connectivity index (χ1) is 11.5. The van der Waals surface area contributed by atoms with E-state index in [9.17, 15) is 14.7 Å². The lowest BCUT2D eigenvalue weighted by Gasteiger charge is -2.12. The Balaban J connectivity index is 2.23. The molecule has 0 saturated carbocycles. The largest absolute Gasteiger partial charge is 0.490 e. The molecule has 126 valence electrons. The van der Waals surface area contributed by atoms with Crippen LogP contribution in [0.15, 0.2) is 42.5 Å². The van der Waals surface area contributed by atoms with Crippen molar-refractivity contribution in [3.63, 3.8) is 0 Å². The zero-order chi connectivity index (χ0) is 17.5. The summed E-state index contributed by atoms with van der Waals surface area (Å²) in [6, 6.07) is 10.5. The molecule has 0 bridgehead atoms. The minimum Gasteiger partial charge on any atom is -0.490 e. The number of methoxy groups -OCH3 is 1. The van der Waals surface area contributed by atoms with Gasteiger partial charge in [0.05, 0.1) is 6.61 Å². The zero-order valence-electron chi connectivity index (χ0n) is 12.8. The SMILES string of the molecule is COCCOc1ccccc1C(=O)Oc1ccc(Cl)cc1C(=O)O. The van der Waals surface area contributed by atoms with Gasteiger partial charge in [-0.15, -0.1) is 0 Å². The van der Waals surface area contributed by atoms with Crippen molar-refractivity contribution < 1.29 is 28.9 Å². The quantitative estimate of drug-likeness (QED) is 0.469. The smallest absolute Gasteiger partial charge is 0.347 e. The molecular weight excluding hydrogens is 336 g/mol. The molecule has 0 fully saturated rings. The van der Waals surface area contributed by atoms with E-state index in [1.165, 1.54) is 31.4 Å². The standard InChI is InChI=1S/C17H15ClO6/c1-22-8-9-23-14-5-3-2-4-12(14)17(21)24-15-7-6-11(18)10-13(15)16(19)20/h2-7,10H,8-9H2,1H3,(H,19,20). The van der Waals surface area contributed by atoms with E-state index in [2.05, 4.69) is 0 Å². The lowest BCUT2D eigenvalue weighted by atomic mass is 10.2. The lowest BCUT2D eigenvalue weighted by molar-refractivity contribution is 0.0680. The van der Waals surface area contributed by atoms with Crippen LogP contribution in [0.1, 0.15) is 20.7 Å². The van der Waals surface area contributed by atoms with Crippen LogP contribution in [-0.2, 0) is 4.74 Å². The van der Waals surface area contributed by atoms with E-state index in [4.69, 9.17) is 25.8 Å². The van der Waals surface area contributed by atoms with Gasteiger partial charge in [0.25, 0.3) is 0 Å². The maximum Gasteiger partial charge on any atom is 0.347 e. The monoisotopic (exact) mass is 350 g/mol. The normalized spacial score (nSPS) is 10.2. The van der Waals surface area contributed by atoms with E-state index in [-0.39, 0.29) is 28.5 Å². The van der Waals surface area contributed by atoms with Crippen molar-refractivity contribution >= 4 is 23.5 Å². The summed E-state index contributed by atoms with van der Waals surface area (Å²) in [7, 11) is 1.54. The molecule has 0 saturated heterocycles. The number of aromatic carboxylic acids is 1. The molecule has 6 nitrogen and oxygen atoms in total. The Hall–Kier alpha value is -2.57. The lowest BCUT2D eigenvalue weighted by Crippen LogP contribution is -2.14. The zero-order valence-corrected chi connectivity index (χ0v) is 13.6. The summed E-state index contributed by atoms with van der Waals surface area (Å²) in [5, 5.41) is 9.41. The van der Waals surface area contributed by atoms with Crippen LogP contribution < -0.4 is 9.47 Å². The fourth-order valence-electron chi connectivity index (χ4n) is 1.91. The Kier molecular flexibility index (Phi) is 6.17. The van der Waals surface area contributed by atoms with Gasteiger partial charge in [-0.05, 0) is 30.3 Å². The van der Waals surface area contributed by atoms with Crippen molar-refractivity contribution in [3.05, 3.63) is 58.6 Å². The molecule has 0 atom stereocenters. The molecule has 2 aromatic carbocycles. The number of carboxylic acid groups (broad SMARTS) is 1. The highest BCUT2D eigenvalue weighted by Gasteiger charge is 2.19. The van der Waals surface area contributed by atoms with Gasteiger partial charge in [-0.1, -0.05) is 23.7 Å². The predicted octanol–water partition coefficient (Wildman–Crippen LogP) is 3.28. The van der Waals surface area contributed by atoms with E-state index in [1.807, 2.05) is 0 Å². The van der Waals surface area contributed by atoms with Crippen LogP contribution in [-0.4, -0.2) is 37.4 Å². The molecule has 0 unspecified atom stereocenters. The number of halogens is 1. The van der Waals surface area contributed by atoms with E-state index < -0.39 is 11.9 Å². The van der Waals surface area contributed by atoms with E-state index in [1.54, 1.807) is 18.2 Å². The fraction of sp³-hybridized carbons (Fsp3) is 0.176. The van der Waals surface area contributed by atoms with E-state index in [0.717, 1.165) is 0 Å². The van der Waals surface area contributed by atoms with Crippen molar-refractivity contribution in [2.45, 2.75) is 0 Å². The first kappa shape index (κ1) is 17.8. The summed E-state index contributed by atoms with van der Waals surface area (Å²) in [5.41, 5.74) is -0.0199. The van der Waals surface area contributed by atoms with Crippen LogP contribution >= 0.6 is 11.6 Å². The minimum atomic E-state index is -1.25. The number of benzene rings is 2. The minimum absolute atomic E-state index is 0.0939. The first-order valence-corrected chi connectivity index (χ1v) is 7.36. The van der Waals surface area contributed by atoms with Crippen LogP contribution in [0.2, 0.25) is 5.02 Å². The molecule has 0 radical (unpaired) electrons. The number of carboxylic acids is 1. The maximum absolute atomic E-state index is 12.4. The molecule has 0 aliphatic rings. The Morgan fingerprint density at radius 2 is 1.79 bits per heavy atom. The Morgan fingerprint density at radius 3 is 2.50 bits per heavy atom. The van der Waals surface area contributed by atoms with Gasteiger partial charge in [-0.2, -0.15) is 0 Å². The number of ether oxygens (including phenoxy) is 3. The number of carbonyl (C=O) groups excluding carboxylic acids is 1. The summed E-state index contributed by atoms with van der Waals surface area (Å²) in [6.07, 6.45) is 0. The number of carbonyl (C=O) groups is 2. The molecule has 0 heterocycles. The van der Waals surface area contributed by atoms with E-state index >= 15 is 0 Å². The first-order valence-electron chi connectivity index (χ1n) is 6.98. The van der Waals surface area contributed by atoms with Crippen molar-refractivity contribution in [2.24, 2.45) is 0 Å². The Morgan fingerprint density at radius 1 is 1.04 bits per heavy atom. The van der Waals surface area contributed by atoms with Gasteiger partial charge in [0, 0.05) is 12.1 Å². The summed E-state index contributed by atoms with van der Waals surface area (Å²) >= 11 is 5.77. The molecule has 0 spiro atoms. The number of hydrogen-bond acceptors (Lipinski definition) is 5. The molecule has 24 heavy (non-hydrogen) atoms. The molecule has 2 rings (SSSR count). The molecular formula is C17H15ClO6. The van der Waals surface area contributed by atoms with Gasteiger partial charge in [0.15, 0.2) is 0 Å². The summed E-state index contributed by atoms with van der Waals surface area (Å²) in [4.78, 5) is 23.6. The van der Waals surface area contributed by atoms with Crippen LogP contribution in [0.3, 0.4) is 0 Å². The second-order valence-corrected chi connectivity index (χ2v) is 5.11. The maximum atomic E-state index is 12.4. The molecule has 1 N–H and O–H groups in total. The fourth-order valence-corrected chi connectivity index (χ4v) is 2.08. The average molecular weight is 351 g/mol. The highest BCUT2D eigenvalue weighted by molar-refractivity contribution is 6.31. The topological polar surface area (TPSA) is 82.1 Å². The molecule has 0 amide bonds. The number of esters is 1. The van der Waals surface area contributed by atoms with Gasteiger partial charge in [-0.25, -0.2) is 9.59 Å². The Bertz CT molecular complexity index is 744. The van der Waals surface area contributed by atoms with Crippen molar-refractivity contribution in [1.29, 1.82) is 0 Å². The van der Waals surface area contributed by atoms with Crippen LogP contribution in [0.5, 0.6) is 11.5 Å². The Labute approximate surface area is 143 Å². The molecule has 0 aromatic heterocycles. The number of para-hydroxylation sites is 1. The summed E-state index contributed by atoms with van der Waals surface area (Å²) in [5.74, 6) is -1.74. The van der Waals surface area contributed by atoms with Gasteiger partial charge in [-0.3, -0.25) is 0 Å². The second-order valence-electron chi connectivity index (χ2n) is 4.67. The highest BCUT2D eigenvalue weighted by Crippen LogP contribution is 2.26.